The average Bonchev–Trinajstić information content (AvgIpc) is 2.61. The van der Waals surface area contributed by atoms with E-state index in [9.17, 15) is 0 Å². The van der Waals surface area contributed by atoms with Crippen molar-refractivity contribution in [3.05, 3.63) is 24.3 Å². The molecule has 16 heavy (non-hydrogen) atoms. The standard InChI is InChI=1S/C11H15N5/c1-8(2)4-5-12-10-9-11(14-6-13-10)15-7-16(9)3/h4,6-7H,5H2,1-3H3,(H,12,13,14). The molecule has 0 spiro atoms. The van der Waals surface area contributed by atoms with Gasteiger partial charge in [0.05, 0.1) is 6.33 Å². The second-order valence-electron chi connectivity index (χ2n) is 3.91. The highest BCUT2D eigenvalue weighted by molar-refractivity contribution is 5.82. The smallest absolute Gasteiger partial charge is 0.182 e. The SMILES string of the molecule is CC(C)=CCNc1ncnc2ncn(C)c12. The summed E-state index contributed by atoms with van der Waals surface area (Å²) in [6.45, 7) is 4.91. The minimum absolute atomic E-state index is 0.720. The molecule has 2 rings (SSSR count). The first-order valence-corrected chi connectivity index (χ1v) is 5.17. The van der Waals surface area contributed by atoms with Gasteiger partial charge in [-0.15, -0.1) is 0 Å². The van der Waals surface area contributed by atoms with Gasteiger partial charge in [-0.1, -0.05) is 11.6 Å². The van der Waals surface area contributed by atoms with Gasteiger partial charge < -0.3 is 9.88 Å². The van der Waals surface area contributed by atoms with Crippen molar-refractivity contribution < 1.29 is 0 Å². The highest BCUT2D eigenvalue weighted by Crippen LogP contribution is 2.16. The fourth-order valence-corrected chi connectivity index (χ4v) is 1.47. The van der Waals surface area contributed by atoms with Gasteiger partial charge in [-0.2, -0.15) is 0 Å². The van der Waals surface area contributed by atoms with Crippen LogP contribution in [0.15, 0.2) is 24.3 Å². The maximum absolute atomic E-state index is 4.22. The third kappa shape index (κ3) is 2.03. The Morgan fingerprint density at radius 3 is 2.94 bits per heavy atom. The molecule has 0 aliphatic carbocycles. The summed E-state index contributed by atoms with van der Waals surface area (Å²) in [5, 5.41) is 3.26. The Morgan fingerprint density at radius 2 is 2.19 bits per heavy atom. The number of allylic oxidation sites excluding steroid dienone is 1. The lowest BCUT2D eigenvalue weighted by molar-refractivity contribution is 0.944. The van der Waals surface area contributed by atoms with Gasteiger partial charge in [-0.3, -0.25) is 0 Å². The molecule has 1 N–H and O–H groups in total. The second-order valence-corrected chi connectivity index (χ2v) is 3.91. The first-order chi connectivity index (χ1) is 7.68. The fourth-order valence-electron chi connectivity index (χ4n) is 1.47. The number of hydrogen-bond acceptors (Lipinski definition) is 4. The summed E-state index contributed by atoms with van der Waals surface area (Å²) in [6, 6.07) is 0. The molecule has 2 aromatic heterocycles. The van der Waals surface area contributed by atoms with Gasteiger partial charge in [0.25, 0.3) is 0 Å². The van der Waals surface area contributed by atoms with Crippen LogP contribution in [0.3, 0.4) is 0 Å². The van der Waals surface area contributed by atoms with E-state index in [0.717, 1.165) is 23.5 Å². The summed E-state index contributed by atoms with van der Waals surface area (Å²) < 4.78 is 1.92. The van der Waals surface area contributed by atoms with Crippen LogP contribution in [0.2, 0.25) is 0 Å². The van der Waals surface area contributed by atoms with E-state index < -0.39 is 0 Å². The Kier molecular flexibility index (Phi) is 2.85. The molecular weight excluding hydrogens is 202 g/mol. The average molecular weight is 217 g/mol. The van der Waals surface area contributed by atoms with E-state index >= 15 is 0 Å². The van der Waals surface area contributed by atoms with Crippen LogP contribution in [-0.4, -0.2) is 26.1 Å². The van der Waals surface area contributed by atoms with Gasteiger partial charge in [-0.25, -0.2) is 15.0 Å². The zero-order chi connectivity index (χ0) is 11.5. The number of rotatable bonds is 3. The number of nitrogens with one attached hydrogen (secondary N) is 1. The number of hydrogen-bond donors (Lipinski definition) is 1. The molecule has 84 valence electrons. The Balaban J connectivity index is 2.30. The van der Waals surface area contributed by atoms with Gasteiger partial charge in [0.2, 0.25) is 0 Å². The van der Waals surface area contributed by atoms with E-state index in [1.54, 1.807) is 6.33 Å². The molecule has 0 fully saturated rings. The van der Waals surface area contributed by atoms with Crippen molar-refractivity contribution in [3.63, 3.8) is 0 Å². The Hall–Kier alpha value is -1.91. The van der Waals surface area contributed by atoms with Crippen LogP contribution in [0, 0.1) is 0 Å². The third-order valence-electron chi connectivity index (χ3n) is 2.29. The quantitative estimate of drug-likeness (QED) is 0.796. The molecule has 0 aliphatic rings. The van der Waals surface area contributed by atoms with Gasteiger partial charge in [0, 0.05) is 13.6 Å². The van der Waals surface area contributed by atoms with Crippen molar-refractivity contribution in [2.75, 3.05) is 11.9 Å². The molecule has 0 saturated carbocycles. The summed E-state index contributed by atoms with van der Waals surface area (Å²) in [7, 11) is 1.94. The van der Waals surface area contributed by atoms with Crippen LogP contribution in [0.5, 0.6) is 0 Å². The van der Waals surface area contributed by atoms with Crippen molar-refractivity contribution in [1.29, 1.82) is 0 Å². The topological polar surface area (TPSA) is 55.6 Å². The molecule has 2 heterocycles. The van der Waals surface area contributed by atoms with E-state index in [0.29, 0.717) is 0 Å². The second kappa shape index (κ2) is 4.30. The highest BCUT2D eigenvalue weighted by Gasteiger charge is 2.06. The molecule has 0 bridgehead atoms. The number of aryl methyl sites for hydroxylation is 1. The minimum atomic E-state index is 0.720. The number of anilines is 1. The number of nitrogens with zero attached hydrogens (tertiary/aromatic N) is 4. The van der Waals surface area contributed by atoms with Gasteiger partial charge >= 0.3 is 0 Å². The summed E-state index contributed by atoms with van der Waals surface area (Å²) >= 11 is 0. The molecule has 5 heteroatoms. The zero-order valence-corrected chi connectivity index (χ0v) is 9.73. The molecule has 0 unspecified atom stereocenters. The molecule has 2 aromatic rings. The minimum Gasteiger partial charge on any atom is -0.365 e. The molecular formula is C11H15N5. The first kappa shape index (κ1) is 10.6. The van der Waals surface area contributed by atoms with Crippen molar-refractivity contribution in [2.45, 2.75) is 13.8 Å². The van der Waals surface area contributed by atoms with Crippen molar-refractivity contribution in [1.82, 2.24) is 19.5 Å². The normalized spacial score (nSPS) is 10.4. The summed E-state index contributed by atoms with van der Waals surface area (Å²) in [4.78, 5) is 12.5. The van der Waals surface area contributed by atoms with E-state index in [1.165, 1.54) is 11.9 Å². The fraction of sp³-hybridized carbons (Fsp3) is 0.364. The van der Waals surface area contributed by atoms with Crippen LogP contribution in [0.25, 0.3) is 11.2 Å². The van der Waals surface area contributed by atoms with Gasteiger partial charge in [0.1, 0.15) is 11.8 Å². The molecule has 0 aromatic carbocycles. The number of imidazole rings is 1. The Morgan fingerprint density at radius 1 is 1.38 bits per heavy atom. The first-order valence-electron chi connectivity index (χ1n) is 5.17. The van der Waals surface area contributed by atoms with E-state index in [4.69, 9.17) is 0 Å². The van der Waals surface area contributed by atoms with E-state index in [2.05, 4.69) is 40.2 Å². The molecule has 0 saturated heterocycles. The highest BCUT2D eigenvalue weighted by atomic mass is 15.1. The predicted molar refractivity (Wildman–Crippen MR) is 64.2 cm³/mol. The molecule has 5 nitrogen and oxygen atoms in total. The maximum atomic E-state index is 4.22. The van der Waals surface area contributed by atoms with Crippen molar-refractivity contribution >= 4 is 17.0 Å². The van der Waals surface area contributed by atoms with E-state index in [1.807, 2.05) is 11.6 Å². The van der Waals surface area contributed by atoms with Crippen molar-refractivity contribution in [3.8, 4) is 0 Å². The Labute approximate surface area is 94.2 Å². The maximum Gasteiger partial charge on any atom is 0.182 e. The molecule has 0 atom stereocenters. The van der Waals surface area contributed by atoms with Crippen LogP contribution in [-0.2, 0) is 7.05 Å². The van der Waals surface area contributed by atoms with Gasteiger partial charge in [0.15, 0.2) is 11.5 Å². The summed E-state index contributed by atoms with van der Waals surface area (Å²) in [5.74, 6) is 0.822. The zero-order valence-electron chi connectivity index (χ0n) is 9.73. The van der Waals surface area contributed by atoms with Crippen LogP contribution >= 0.6 is 0 Å². The molecule has 0 radical (unpaired) electrons. The van der Waals surface area contributed by atoms with Crippen LogP contribution in [0.1, 0.15) is 13.8 Å². The number of fused-ring (bicyclic) bond motifs is 1. The third-order valence-corrected chi connectivity index (χ3v) is 2.29. The lowest BCUT2D eigenvalue weighted by Gasteiger charge is -2.04. The predicted octanol–water partition coefficient (Wildman–Crippen LogP) is 1.74. The van der Waals surface area contributed by atoms with Crippen molar-refractivity contribution in [2.24, 2.45) is 7.05 Å². The lowest BCUT2D eigenvalue weighted by Crippen LogP contribution is -2.03. The largest absolute Gasteiger partial charge is 0.365 e. The monoisotopic (exact) mass is 217 g/mol. The number of aromatic nitrogens is 4. The van der Waals surface area contributed by atoms with Gasteiger partial charge in [-0.05, 0) is 13.8 Å². The Bertz CT molecular complexity index is 522. The molecule has 0 aliphatic heterocycles. The van der Waals surface area contributed by atoms with Crippen LogP contribution in [0.4, 0.5) is 5.82 Å². The summed E-state index contributed by atoms with van der Waals surface area (Å²) in [6.07, 6.45) is 5.38. The van der Waals surface area contributed by atoms with E-state index in [-0.39, 0.29) is 0 Å². The van der Waals surface area contributed by atoms with Crippen LogP contribution < -0.4 is 5.32 Å². The lowest BCUT2D eigenvalue weighted by atomic mass is 10.3. The molecule has 0 amide bonds. The summed E-state index contributed by atoms with van der Waals surface area (Å²) in [5.41, 5.74) is 2.93.